The van der Waals surface area contributed by atoms with Gasteiger partial charge in [-0.3, -0.25) is 33.3 Å². The first kappa shape index (κ1) is 108. The average molecular weight is 1650 g/mol. The quantitative estimate of drug-likeness (QED) is 0.0191. The lowest BCUT2D eigenvalue weighted by Crippen LogP contribution is -2.66. The maximum absolute atomic E-state index is 15.1. The molecule has 19 nitrogen and oxygen atoms in total. The Morgan fingerprint density at radius 3 is 1.00 bits per heavy atom. The molecule has 115 heavy (non-hydrogen) atoms. The van der Waals surface area contributed by atoms with E-state index in [2.05, 4.69) is 46.9 Å². The molecule has 0 aromatic rings. The zero-order valence-corrected chi connectivity index (χ0v) is 75.9. The van der Waals surface area contributed by atoms with Crippen LogP contribution in [0.3, 0.4) is 0 Å². The molecule has 2 heterocycles. The summed E-state index contributed by atoms with van der Waals surface area (Å²) >= 11 is 0. The first-order chi connectivity index (χ1) is 56.0. The van der Waals surface area contributed by atoms with E-state index in [9.17, 15) is 43.4 Å². The van der Waals surface area contributed by atoms with Gasteiger partial charge in [0.25, 0.3) is 0 Å². The number of likely N-dealkylation sites (tertiary alicyclic amines) is 1. The molecule has 676 valence electrons. The third-order valence-corrected chi connectivity index (χ3v) is 24.3. The van der Waals surface area contributed by atoms with Crippen LogP contribution in [0.1, 0.15) is 497 Å². The number of carbonyl (C=O) groups is 6. The minimum atomic E-state index is -5.49. The fourth-order valence-corrected chi connectivity index (χ4v) is 17.2. The maximum Gasteiger partial charge on any atom is 0.470 e. The largest absolute Gasteiger partial charge is 0.470 e. The maximum atomic E-state index is 15.1. The molecule has 4 N–H and O–H groups in total. The van der Waals surface area contributed by atoms with Gasteiger partial charge in [-0.25, -0.2) is 4.57 Å². The van der Waals surface area contributed by atoms with Crippen molar-refractivity contribution in [2.75, 3.05) is 19.8 Å². The molecule has 20 heteroatoms. The van der Waals surface area contributed by atoms with E-state index in [-0.39, 0.29) is 44.2 Å². The summed E-state index contributed by atoms with van der Waals surface area (Å²) in [6.45, 7) is 12.7. The fraction of sp³-hybridized carbons (Fsp3) is 0.937. The van der Waals surface area contributed by atoms with Crippen LogP contribution in [0.2, 0.25) is 0 Å². The molecule has 2 aliphatic heterocycles. The van der Waals surface area contributed by atoms with Crippen LogP contribution in [0.4, 0.5) is 0 Å². The Balaban J connectivity index is 2.60. The van der Waals surface area contributed by atoms with Crippen LogP contribution in [-0.4, -0.2) is 130 Å². The lowest BCUT2D eigenvalue weighted by molar-refractivity contribution is -0.273. The van der Waals surface area contributed by atoms with Crippen molar-refractivity contribution in [3.05, 3.63) is 0 Å². The van der Waals surface area contributed by atoms with Gasteiger partial charge in [0.1, 0.15) is 36.6 Å². The minimum Gasteiger partial charge on any atom is -0.462 e. The van der Waals surface area contributed by atoms with E-state index in [1.807, 2.05) is 0 Å². The van der Waals surface area contributed by atoms with Crippen LogP contribution in [0.5, 0.6) is 0 Å². The Morgan fingerprint density at radius 2 is 0.687 bits per heavy atom. The number of carbonyl (C=O) groups excluding carboxylic acids is 6. The van der Waals surface area contributed by atoms with Gasteiger partial charge in [-0.2, -0.15) is 0 Å². The Hall–Kier alpha value is -3.19. The van der Waals surface area contributed by atoms with Crippen LogP contribution in [0.25, 0.3) is 0 Å². The normalized spacial score (nSPS) is 17.9. The standard InChI is InChI=1S/C95H179N2O17P/c1-7-13-19-25-31-37-40-46-52-58-64-72-88(101)109-82(69-61-55-49-43-34-28-22-16-10-4)76-86(99)96-92-94(113-91(104)78-84(71-63-57-51-45-36-30-24-18-12-6)111-90(103)74-66-60-54-48-42-39-33-27-21-15-9-3)93(114-115(105,106)107)85(79-98)112-95(92)108-80-81-68-67-75-97(81)87(100)77-83(70-62-56-50-44-35-29-23-17-11-5)110-89(102)73-65-59-53-47-41-38-32-26-20-14-8-2/h81-85,92-95,98H,7-80H2,1-6H3,(H,96,99)(H2,105,106,107)/t81-,82+,83+,84+,85?,92?,93-,94+,95+/m0/s1. The number of hydrogen-bond acceptors (Lipinski definition) is 15. The Bertz CT molecular complexity index is 2360. The lowest BCUT2D eigenvalue weighted by atomic mass is 9.95. The molecule has 2 saturated heterocycles. The van der Waals surface area contributed by atoms with Crippen molar-refractivity contribution >= 4 is 43.5 Å². The number of nitrogens with one attached hydrogen (secondary N) is 1. The third kappa shape index (κ3) is 60.9. The van der Waals surface area contributed by atoms with Crippen molar-refractivity contribution in [2.24, 2.45) is 0 Å². The molecule has 2 aliphatic rings. The van der Waals surface area contributed by atoms with E-state index in [4.69, 9.17) is 32.9 Å². The Morgan fingerprint density at radius 1 is 0.391 bits per heavy atom. The van der Waals surface area contributed by atoms with Gasteiger partial charge < -0.3 is 53.5 Å². The van der Waals surface area contributed by atoms with Crippen LogP contribution >= 0.6 is 7.82 Å². The predicted molar refractivity (Wildman–Crippen MR) is 467 cm³/mol. The second-order valence-electron chi connectivity index (χ2n) is 34.7. The number of hydrogen-bond donors (Lipinski definition) is 4. The highest BCUT2D eigenvalue weighted by Gasteiger charge is 2.53. The number of aliphatic hydroxyl groups excluding tert-OH is 1. The van der Waals surface area contributed by atoms with E-state index in [0.717, 1.165) is 141 Å². The van der Waals surface area contributed by atoms with Crippen molar-refractivity contribution in [1.82, 2.24) is 10.2 Å². The summed E-state index contributed by atoms with van der Waals surface area (Å²) in [5.41, 5.74) is 0. The van der Waals surface area contributed by atoms with Crippen LogP contribution < -0.4 is 5.32 Å². The molecule has 2 amide bonds. The monoisotopic (exact) mass is 1650 g/mol. The number of phosphoric acid groups is 1. The predicted octanol–water partition coefficient (Wildman–Crippen LogP) is 25.4. The molecule has 0 saturated carbocycles. The van der Waals surface area contributed by atoms with E-state index in [1.165, 1.54) is 218 Å². The first-order valence-electron chi connectivity index (χ1n) is 49.0. The summed E-state index contributed by atoms with van der Waals surface area (Å²) in [5.74, 6) is -2.89. The summed E-state index contributed by atoms with van der Waals surface area (Å²) < 4.78 is 56.7. The summed E-state index contributed by atoms with van der Waals surface area (Å²) in [5, 5.41) is 14.1. The van der Waals surface area contributed by atoms with Crippen LogP contribution in [0, 0.1) is 0 Å². The minimum absolute atomic E-state index is 0.0129. The SMILES string of the molecule is CCCCCCCCCCCCCC(=O)O[C@H](CCCCCCCCCCC)CC(=O)NC1[C@H](OC[C@@H]2CCCN2C(=O)C[C@@H](CCCCCCCCCCC)OC(=O)CCCCCCCCCCCCC)OC(CO)[C@H](OP(=O)(O)O)[C@@H]1OC(=O)C[C@@H](CCCCCCCCCCC)OC(=O)CCCCCCCCCCCCC. The molecule has 2 rings (SSSR count). The van der Waals surface area contributed by atoms with Gasteiger partial charge in [-0.15, -0.1) is 0 Å². The molecule has 0 aliphatic carbocycles. The van der Waals surface area contributed by atoms with E-state index < -0.39 is 99.7 Å². The van der Waals surface area contributed by atoms with Crippen molar-refractivity contribution < 1.29 is 81.2 Å². The zero-order valence-electron chi connectivity index (χ0n) is 75.0. The van der Waals surface area contributed by atoms with Crippen molar-refractivity contribution in [3.63, 3.8) is 0 Å². The van der Waals surface area contributed by atoms with Crippen molar-refractivity contribution in [3.8, 4) is 0 Å². The molecule has 2 fully saturated rings. The summed E-state index contributed by atoms with van der Waals surface area (Å²) in [4.78, 5) is 109. The molecule has 0 spiro atoms. The molecule has 2 unspecified atom stereocenters. The number of ether oxygens (including phenoxy) is 6. The molecular weight excluding hydrogens is 1470 g/mol. The molecule has 0 radical (unpaired) electrons. The van der Waals surface area contributed by atoms with Gasteiger partial charge in [0.15, 0.2) is 12.4 Å². The van der Waals surface area contributed by atoms with Crippen LogP contribution in [-0.2, 0) is 66.3 Å². The number of unbranched alkanes of at least 4 members (excludes halogenated alkanes) is 54. The van der Waals surface area contributed by atoms with E-state index in [1.54, 1.807) is 4.90 Å². The third-order valence-electron chi connectivity index (χ3n) is 23.8. The smallest absolute Gasteiger partial charge is 0.462 e. The number of rotatable bonds is 83. The molecule has 0 aromatic heterocycles. The highest BCUT2D eigenvalue weighted by atomic mass is 31.2. The van der Waals surface area contributed by atoms with Gasteiger partial charge in [-0.1, -0.05) is 388 Å². The summed E-state index contributed by atoms with van der Waals surface area (Å²) in [6, 6.07) is -2.10. The molecule has 9 atom stereocenters. The van der Waals surface area contributed by atoms with Crippen molar-refractivity contribution in [1.29, 1.82) is 0 Å². The topological polar surface area (TPSA) is 260 Å². The van der Waals surface area contributed by atoms with Gasteiger partial charge in [0.05, 0.1) is 38.5 Å². The average Bonchev–Trinajstić information content (AvgIpc) is 1.14. The number of phosphoric ester groups is 1. The number of aliphatic hydroxyl groups is 1. The summed E-state index contributed by atoms with van der Waals surface area (Å²) in [7, 11) is -5.49. The molecule has 0 bridgehead atoms. The highest BCUT2D eigenvalue weighted by molar-refractivity contribution is 7.46. The Kier molecular flexibility index (Phi) is 71.1. The van der Waals surface area contributed by atoms with Crippen molar-refractivity contribution in [2.45, 2.75) is 552 Å². The van der Waals surface area contributed by atoms with Gasteiger partial charge in [-0.05, 0) is 70.6 Å². The number of esters is 4. The fourth-order valence-electron chi connectivity index (χ4n) is 16.7. The van der Waals surface area contributed by atoms with E-state index >= 15 is 4.79 Å². The van der Waals surface area contributed by atoms with Crippen LogP contribution in [0.15, 0.2) is 0 Å². The number of amides is 2. The molecular formula is C95H179N2O17P. The van der Waals surface area contributed by atoms with E-state index in [0.29, 0.717) is 70.8 Å². The highest BCUT2D eigenvalue weighted by Crippen LogP contribution is 2.43. The second-order valence-corrected chi connectivity index (χ2v) is 35.9. The van der Waals surface area contributed by atoms with Gasteiger partial charge in [0, 0.05) is 25.8 Å². The zero-order chi connectivity index (χ0) is 83.7. The first-order valence-corrected chi connectivity index (χ1v) is 50.5. The second kappa shape index (κ2) is 75.8. The Labute approximate surface area is 703 Å². The summed E-state index contributed by atoms with van der Waals surface area (Å²) in [6.07, 6.45) is 59.7. The number of nitrogens with zero attached hydrogens (tertiary/aromatic N) is 1. The molecule has 0 aromatic carbocycles. The van der Waals surface area contributed by atoms with Gasteiger partial charge in [0.2, 0.25) is 11.8 Å². The lowest BCUT2D eigenvalue weighted by Gasteiger charge is -2.45. The van der Waals surface area contributed by atoms with Gasteiger partial charge >= 0.3 is 31.7 Å².